The first-order chi connectivity index (χ1) is 15.6. The summed E-state index contributed by atoms with van der Waals surface area (Å²) in [6.07, 6.45) is -0.353. The minimum atomic E-state index is -1.31. The van der Waals surface area contributed by atoms with Crippen LogP contribution in [0.1, 0.15) is 61.4 Å². The van der Waals surface area contributed by atoms with Gasteiger partial charge in [-0.25, -0.2) is 23.4 Å². The molecule has 0 saturated carbocycles. The molecule has 1 aliphatic rings. The number of alkyl halides is 1. The van der Waals surface area contributed by atoms with Crippen molar-refractivity contribution in [2.75, 3.05) is 26.7 Å². The van der Waals surface area contributed by atoms with Crippen molar-refractivity contribution in [3.05, 3.63) is 45.7 Å². The SMILES string of the molecule is COc1c(C(C)n2nc(C(C)F)c3c(C)ncnc32)cc(Cl)c(F)c1C1CN(CC(C)O)C1. The summed E-state index contributed by atoms with van der Waals surface area (Å²) in [6.45, 7) is 8.50. The fourth-order valence-electron chi connectivity index (χ4n) is 4.66. The number of methoxy groups -OCH3 is 1. The number of aliphatic hydroxyl groups is 1. The Morgan fingerprint density at radius 1 is 1.27 bits per heavy atom. The lowest BCUT2D eigenvalue weighted by molar-refractivity contribution is 0.0723. The normalized spacial score (nSPS) is 17.7. The van der Waals surface area contributed by atoms with E-state index in [0.29, 0.717) is 53.2 Å². The van der Waals surface area contributed by atoms with Gasteiger partial charge in [0, 0.05) is 36.7 Å². The van der Waals surface area contributed by atoms with E-state index < -0.39 is 24.1 Å². The quantitative estimate of drug-likeness (QED) is 0.542. The molecular weight excluding hydrogens is 452 g/mol. The summed E-state index contributed by atoms with van der Waals surface area (Å²) in [5.74, 6) is -0.230. The van der Waals surface area contributed by atoms with Crippen molar-refractivity contribution in [3.63, 3.8) is 0 Å². The van der Waals surface area contributed by atoms with Gasteiger partial charge in [-0.1, -0.05) is 11.6 Å². The first-order valence-corrected chi connectivity index (χ1v) is 11.3. The maximum absolute atomic E-state index is 15.2. The summed E-state index contributed by atoms with van der Waals surface area (Å²) in [5, 5.41) is 14.7. The van der Waals surface area contributed by atoms with Crippen LogP contribution in [0.5, 0.6) is 5.75 Å². The first-order valence-electron chi connectivity index (χ1n) is 10.9. The smallest absolute Gasteiger partial charge is 0.162 e. The highest BCUT2D eigenvalue weighted by atomic mass is 35.5. The molecule has 3 aromatic rings. The number of hydrogen-bond donors (Lipinski definition) is 1. The minimum absolute atomic E-state index is 0.0111. The molecule has 0 bridgehead atoms. The molecular formula is C23H28ClF2N5O2. The Morgan fingerprint density at radius 3 is 2.58 bits per heavy atom. The fraction of sp³-hybridized carbons (Fsp3) is 0.522. The number of rotatable bonds is 7. The second-order valence-corrected chi connectivity index (χ2v) is 9.16. The number of ether oxygens (including phenoxy) is 1. The molecule has 0 aliphatic carbocycles. The number of aromatic nitrogens is 4. The van der Waals surface area contributed by atoms with Crippen LogP contribution in [0.3, 0.4) is 0 Å². The lowest BCUT2D eigenvalue weighted by Crippen LogP contribution is -2.48. The van der Waals surface area contributed by atoms with Gasteiger partial charge >= 0.3 is 0 Å². The van der Waals surface area contributed by atoms with E-state index in [2.05, 4.69) is 15.1 Å². The number of fused-ring (bicyclic) bond motifs is 1. The number of aryl methyl sites for hydroxylation is 1. The van der Waals surface area contributed by atoms with Crippen molar-refractivity contribution in [2.24, 2.45) is 0 Å². The summed E-state index contributed by atoms with van der Waals surface area (Å²) < 4.78 is 36.9. The van der Waals surface area contributed by atoms with Crippen LogP contribution in [0.25, 0.3) is 11.0 Å². The van der Waals surface area contributed by atoms with Crippen LogP contribution in [-0.4, -0.2) is 62.6 Å². The standard InChI is InChI=1S/C23H28ClF2N5O2/c1-11(32)7-30-8-15(9-30)19-20(26)17(24)6-16(22(19)33-5)14(4)31-23-18(13(3)27-10-28-23)21(29-31)12(2)25/h6,10-12,14-15,32H,7-9H2,1-5H3. The van der Waals surface area contributed by atoms with Gasteiger partial charge in [-0.3, -0.25) is 4.90 Å². The molecule has 3 atom stereocenters. The molecule has 1 aliphatic heterocycles. The van der Waals surface area contributed by atoms with Crippen LogP contribution in [0, 0.1) is 12.7 Å². The Morgan fingerprint density at radius 2 is 1.97 bits per heavy atom. The van der Waals surface area contributed by atoms with Gasteiger partial charge in [0.15, 0.2) is 5.65 Å². The Labute approximate surface area is 196 Å². The molecule has 0 amide bonds. The molecule has 2 aromatic heterocycles. The summed E-state index contributed by atoms with van der Waals surface area (Å²) in [4.78, 5) is 10.6. The van der Waals surface area contributed by atoms with Crippen molar-refractivity contribution in [1.29, 1.82) is 0 Å². The summed E-state index contributed by atoms with van der Waals surface area (Å²) in [7, 11) is 1.50. The summed E-state index contributed by atoms with van der Waals surface area (Å²) >= 11 is 6.32. The predicted molar refractivity (Wildman–Crippen MR) is 122 cm³/mol. The van der Waals surface area contributed by atoms with Crippen LogP contribution in [0.2, 0.25) is 5.02 Å². The molecule has 0 radical (unpaired) electrons. The largest absolute Gasteiger partial charge is 0.496 e. The third kappa shape index (κ3) is 4.18. The van der Waals surface area contributed by atoms with Gasteiger partial charge < -0.3 is 9.84 Å². The number of hydrogen-bond acceptors (Lipinski definition) is 6. The lowest BCUT2D eigenvalue weighted by atomic mass is 9.87. The molecule has 10 heteroatoms. The van der Waals surface area contributed by atoms with Gasteiger partial charge in [0.2, 0.25) is 0 Å². The number of β-amino-alcohol motifs (C(OH)–C–C–N with tert-alkyl or cyclic N) is 1. The van der Waals surface area contributed by atoms with Crippen LogP contribution in [0.15, 0.2) is 12.4 Å². The van der Waals surface area contributed by atoms with E-state index in [1.165, 1.54) is 26.4 Å². The number of aliphatic hydroxyl groups excluding tert-OH is 1. The van der Waals surface area contributed by atoms with Crippen LogP contribution in [0.4, 0.5) is 8.78 Å². The van der Waals surface area contributed by atoms with Gasteiger partial charge in [-0.05, 0) is 33.8 Å². The maximum atomic E-state index is 15.2. The molecule has 1 saturated heterocycles. The summed E-state index contributed by atoms with van der Waals surface area (Å²) in [5.41, 5.74) is 2.43. The lowest BCUT2D eigenvalue weighted by Gasteiger charge is -2.41. The summed E-state index contributed by atoms with van der Waals surface area (Å²) in [6, 6.07) is 1.07. The second kappa shape index (κ2) is 9.12. The van der Waals surface area contributed by atoms with Crippen LogP contribution < -0.4 is 4.74 Å². The number of benzene rings is 1. The van der Waals surface area contributed by atoms with E-state index in [1.54, 1.807) is 18.5 Å². The molecule has 0 spiro atoms. The molecule has 3 heterocycles. The second-order valence-electron chi connectivity index (χ2n) is 8.75. The van der Waals surface area contributed by atoms with Crippen molar-refractivity contribution >= 4 is 22.6 Å². The van der Waals surface area contributed by atoms with Gasteiger partial charge in [0.25, 0.3) is 0 Å². The number of halogens is 3. The Hall–Kier alpha value is -2.36. The molecule has 178 valence electrons. The molecule has 1 N–H and O–H groups in total. The monoisotopic (exact) mass is 479 g/mol. The molecule has 7 nitrogen and oxygen atoms in total. The van der Waals surface area contributed by atoms with Gasteiger partial charge in [-0.2, -0.15) is 5.10 Å². The van der Waals surface area contributed by atoms with Gasteiger partial charge in [-0.15, -0.1) is 0 Å². The Bertz CT molecular complexity index is 1180. The van der Waals surface area contributed by atoms with E-state index in [4.69, 9.17) is 16.3 Å². The van der Waals surface area contributed by atoms with Gasteiger partial charge in [0.05, 0.1) is 35.4 Å². The number of nitrogens with zero attached hydrogens (tertiary/aromatic N) is 5. The van der Waals surface area contributed by atoms with E-state index in [9.17, 15) is 9.50 Å². The third-order valence-electron chi connectivity index (χ3n) is 6.23. The first kappa shape index (κ1) is 23.8. The average Bonchev–Trinajstić information content (AvgIpc) is 3.13. The molecule has 33 heavy (non-hydrogen) atoms. The van der Waals surface area contributed by atoms with E-state index in [-0.39, 0.29) is 16.6 Å². The van der Waals surface area contributed by atoms with Crippen LogP contribution >= 0.6 is 11.6 Å². The zero-order valence-electron chi connectivity index (χ0n) is 19.3. The topological polar surface area (TPSA) is 76.3 Å². The Balaban J connectivity index is 1.81. The van der Waals surface area contributed by atoms with E-state index in [1.807, 2.05) is 11.8 Å². The highest BCUT2D eigenvalue weighted by molar-refractivity contribution is 6.31. The van der Waals surface area contributed by atoms with Crippen molar-refractivity contribution in [2.45, 2.75) is 51.9 Å². The van der Waals surface area contributed by atoms with E-state index in [0.717, 1.165) is 0 Å². The highest BCUT2D eigenvalue weighted by Crippen LogP contribution is 2.43. The van der Waals surface area contributed by atoms with Crippen molar-refractivity contribution in [1.82, 2.24) is 24.6 Å². The van der Waals surface area contributed by atoms with Crippen LogP contribution in [-0.2, 0) is 0 Å². The molecule has 1 fully saturated rings. The zero-order chi connectivity index (χ0) is 24.0. The average molecular weight is 480 g/mol. The van der Waals surface area contributed by atoms with E-state index >= 15 is 4.39 Å². The minimum Gasteiger partial charge on any atom is -0.496 e. The predicted octanol–water partition coefficient (Wildman–Crippen LogP) is 4.36. The maximum Gasteiger partial charge on any atom is 0.162 e. The molecule has 3 unspecified atom stereocenters. The molecule has 4 rings (SSSR count). The van der Waals surface area contributed by atoms with Crippen molar-refractivity contribution in [3.8, 4) is 5.75 Å². The Kier molecular flexibility index (Phi) is 6.57. The fourth-order valence-corrected chi connectivity index (χ4v) is 4.87. The highest BCUT2D eigenvalue weighted by Gasteiger charge is 2.36. The number of likely N-dealkylation sites (tertiary alicyclic amines) is 1. The third-order valence-corrected chi connectivity index (χ3v) is 6.50. The zero-order valence-corrected chi connectivity index (χ0v) is 20.1. The van der Waals surface area contributed by atoms with Gasteiger partial charge in [0.1, 0.15) is 29.8 Å². The van der Waals surface area contributed by atoms with Crippen molar-refractivity contribution < 1.29 is 18.6 Å². The molecule has 1 aromatic carbocycles.